The van der Waals surface area contributed by atoms with Crippen molar-refractivity contribution in [1.82, 2.24) is 0 Å². The largest absolute Gasteiger partial charge is 0.465 e. The average molecular weight is 425 g/mol. The van der Waals surface area contributed by atoms with Crippen LogP contribution in [0.25, 0.3) is 0 Å². The van der Waals surface area contributed by atoms with E-state index in [1.165, 1.54) is 44.9 Å². The van der Waals surface area contributed by atoms with Crippen LogP contribution in [0.15, 0.2) is 12.2 Å². The monoisotopic (exact) mass is 424 g/mol. The molecule has 0 aromatic heterocycles. The lowest BCUT2D eigenvalue weighted by Gasteiger charge is -2.17. The van der Waals surface area contributed by atoms with Gasteiger partial charge in [-0.1, -0.05) is 99.0 Å². The van der Waals surface area contributed by atoms with Gasteiger partial charge in [-0.15, -0.1) is 0 Å². The van der Waals surface area contributed by atoms with Crippen LogP contribution in [0.3, 0.4) is 0 Å². The van der Waals surface area contributed by atoms with Gasteiger partial charge in [0.2, 0.25) is 0 Å². The molecule has 30 heavy (non-hydrogen) atoms. The van der Waals surface area contributed by atoms with Gasteiger partial charge in [0.25, 0.3) is 0 Å². The third kappa shape index (κ3) is 23.0. The molecule has 4 heteroatoms. The second-order valence-electron chi connectivity index (χ2n) is 10.9. The number of unbranched alkanes of at least 4 members (excludes halogenated alkanes) is 10. The molecule has 0 amide bonds. The zero-order valence-corrected chi connectivity index (χ0v) is 20.7. The zero-order valence-electron chi connectivity index (χ0n) is 20.7. The van der Waals surface area contributed by atoms with Crippen LogP contribution in [-0.4, -0.2) is 25.2 Å². The Balaban J connectivity index is 3.36. The van der Waals surface area contributed by atoms with E-state index in [4.69, 9.17) is 9.47 Å². The van der Waals surface area contributed by atoms with Crippen LogP contribution in [0, 0.1) is 10.8 Å². The van der Waals surface area contributed by atoms with E-state index in [-0.39, 0.29) is 22.8 Å². The summed E-state index contributed by atoms with van der Waals surface area (Å²) >= 11 is 0. The van der Waals surface area contributed by atoms with Gasteiger partial charge in [-0.05, 0) is 30.1 Å². The number of esters is 2. The van der Waals surface area contributed by atoms with Gasteiger partial charge in [0, 0.05) is 12.5 Å². The first-order valence-corrected chi connectivity index (χ1v) is 12.0. The minimum atomic E-state index is -0.230. The van der Waals surface area contributed by atoms with Gasteiger partial charge in [-0.2, -0.15) is 0 Å². The summed E-state index contributed by atoms with van der Waals surface area (Å²) in [4.78, 5) is 23.2. The molecule has 0 aliphatic heterocycles. The Morgan fingerprint density at radius 1 is 0.633 bits per heavy atom. The fourth-order valence-corrected chi connectivity index (χ4v) is 2.83. The summed E-state index contributed by atoms with van der Waals surface area (Å²) in [5, 5.41) is 0. The fraction of sp³-hybridized carbons (Fsp3) is 0.846. The van der Waals surface area contributed by atoms with Crippen LogP contribution in [0.2, 0.25) is 0 Å². The second kappa shape index (κ2) is 16.4. The van der Waals surface area contributed by atoms with E-state index in [0.29, 0.717) is 19.6 Å². The second-order valence-corrected chi connectivity index (χ2v) is 10.9. The van der Waals surface area contributed by atoms with Crippen LogP contribution in [0.5, 0.6) is 0 Å². The third-order valence-electron chi connectivity index (χ3n) is 4.57. The quantitative estimate of drug-likeness (QED) is 0.147. The molecule has 0 saturated carbocycles. The molecular formula is C26H48O4. The van der Waals surface area contributed by atoms with Gasteiger partial charge in [-0.25, -0.2) is 4.79 Å². The molecule has 0 bridgehead atoms. The van der Waals surface area contributed by atoms with E-state index in [2.05, 4.69) is 41.5 Å². The first kappa shape index (κ1) is 28.7. The normalized spacial score (nSPS) is 12.3. The Hall–Kier alpha value is -1.32. The lowest BCUT2D eigenvalue weighted by molar-refractivity contribution is -0.146. The van der Waals surface area contributed by atoms with Crippen LogP contribution in [0.1, 0.15) is 119 Å². The fourth-order valence-electron chi connectivity index (χ4n) is 2.83. The van der Waals surface area contributed by atoms with Crippen LogP contribution < -0.4 is 0 Å². The Morgan fingerprint density at radius 3 is 1.57 bits per heavy atom. The van der Waals surface area contributed by atoms with E-state index < -0.39 is 0 Å². The van der Waals surface area contributed by atoms with Crippen LogP contribution >= 0.6 is 0 Å². The molecule has 0 fully saturated rings. The number of carbonyl (C=O) groups excluding carboxylic acids is 2. The summed E-state index contributed by atoms with van der Waals surface area (Å²) < 4.78 is 10.5. The number of hydrogen-bond acceptors (Lipinski definition) is 4. The molecule has 4 nitrogen and oxygen atoms in total. The number of ether oxygens (including phenoxy) is 2. The molecule has 0 saturated heterocycles. The molecule has 0 radical (unpaired) electrons. The van der Waals surface area contributed by atoms with Crippen molar-refractivity contribution >= 4 is 11.9 Å². The minimum Gasteiger partial charge on any atom is -0.465 e. The smallest absolute Gasteiger partial charge is 0.330 e. The molecule has 0 heterocycles. The highest BCUT2D eigenvalue weighted by Gasteiger charge is 2.13. The standard InChI is InChI=1S/C26H48O4/c1-25(2,3)21-29-23(27)19-17-15-13-11-9-7-8-10-12-14-16-18-20-24(28)30-22-26(4,5)6/h17,19H,7-16,18,20-22H2,1-6H3/b19-17+. The molecule has 0 aromatic rings. The SMILES string of the molecule is CC(C)(C)COC(=O)/C=C/CCCCCCCCCCCCC(=O)OCC(C)(C)C. The van der Waals surface area contributed by atoms with Gasteiger partial charge in [0.1, 0.15) is 0 Å². The molecular weight excluding hydrogens is 376 g/mol. The summed E-state index contributed by atoms with van der Waals surface area (Å²) in [5.74, 6) is -0.284. The predicted molar refractivity (Wildman–Crippen MR) is 125 cm³/mol. The molecule has 176 valence electrons. The van der Waals surface area contributed by atoms with Gasteiger partial charge in [0.15, 0.2) is 0 Å². The molecule has 0 rings (SSSR count). The van der Waals surface area contributed by atoms with Gasteiger partial charge >= 0.3 is 11.9 Å². The Labute approximate surface area is 186 Å². The van der Waals surface area contributed by atoms with Crippen molar-refractivity contribution in [3.8, 4) is 0 Å². The summed E-state index contributed by atoms with van der Waals surface area (Å²) in [6.45, 7) is 13.3. The summed E-state index contributed by atoms with van der Waals surface area (Å²) in [5.41, 5.74) is 0.0652. The number of allylic oxidation sites excluding steroid dienone is 1. The molecule has 0 N–H and O–H groups in total. The molecule has 0 atom stereocenters. The highest BCUT2D eigenvalue weighted by atomic mass is 16.5. The van der Waals surface area contributed by atoms with E-state index >= 15 is 0 Å². The number of carbonyl (C=O) groups is 2. The molecule has 0 aliphatic carbocycles. The zero-order chi connectivity index (χ0) is 22.9. The van der Waals surface area contributed by atoms with Gasteiger partial charge < -0.3 is 9.47 Å². The first-order chi connectivity index (χ1) is 14.0. The van der Waals surface area contributed by atoms with E-state index in [1.54, 1.807) is 6.08 Å². The van der Waals surface area contributed by atoms with Crippen molar-refractivity contribution in [1.29, 1.82) is 0 Å². The maximum atomic E-state index is 11.6. The molecule has 0 aliphatic rings. The average Bonchev–Trinajstić information content (AvgIpc) is 2.63. The van der Waals surface area contributed by atoms with Crippen molar-refractivity contribution in [3.63, 3.8) is 0 Å². The Kier molecular flexibility index (Phi) is 15.7. The van der Waals surface area contributed by atoms with E-state index in [1.807, 2.05) is 6.08 Å². The van der Waals surface area contributed by atoms with Gasteiger partial charge in [0.05, 0.1) is 13.2 Å². The highest BCUT2D eigenvalue weighted by molar-refractivity contribution is 5.81. The highest BCUT2D eigenvalue weighted by Crippen LogP contribution is 2.15. The predicted octanol–water partition coefficient (Wildman–Crippen LogP) is 7.40. The minimum absolute atomic E-state index is 0.0173. The van der Waals surface area contributed by atoms with Crippen molar-refractivity contribution < 1.29 is 19.1 Å². The van der Waals surface area contributed by atoms with Crippen molar-refractivity contribution in [2.75, 3.05) is 13.2 Å². The van der Waals surface area contributed by atoms with E-state index in [0.717, 1.165) is 25.7 Å². The van der Waals surface area contributed by atoms with Crippen molar-refractivity contribution in [2.24, 2.45) is 10.8 Å². The van der Waals surface area contributed by atoms with Crippen molar-refractivity contribution in [2.45, 2.75) is 119 Å². The topological polar surface area (TPSA) is 52.6 Å². The van der Waals surface area contributed by atoms with Crippen molar-refractivity contribution in [3.05, 3.63) is 12.2 Å². The Bertz CT molecular complexity index is 480. The number of hydrogen-bond donors (Lipinski definition) is 0. The third-order valence-corrected chi connectivity index (χ3v) is 4.57. The molecule has 0 unspecified atom stereocenters. The molecule has 0 aromatic carbocycles. The molecule has 0 spiro atoms. The van der Waals surface area contributed by atoms with Gasteiger partial charge in [-0.3, -0.25) is 4.79 Å². The Morgan fingerprint density at radius 2 is 1.07 bits per heavy atom. The summed E-state index contributed by atoms with van der Waals surface area (Å²) in [6, 6.07) is 0. The summed E-state index contributed by atoms with van der Waals surface area (Å²) in [6.07, 6.45) is 17.0. The lowest BCUT2D eigenvalue weighted by atomic mass is 9.99. The van der Waals surface area contributed by atoms with E-state index in [9.17, 15) is 9.59 Å². The lowest BCUT2D eigenvalue weighted by Crippen LogP contribution is -2.18. The van der Waals surface area contributed by atoms with Crippen LogP contribution in [0.4, 0.5) is 0 Å². The first-order valence-electron chi connectivity index (χ1n) is 12.0. The maximum Gasteiger partial charge on any atom is 0.330 e. The number of rotatable bonds is 16. The van der Waals surface area contributed by atoms with Crippen LogP contribution in [-0.2, 0) is 19.1 Å². The summed E-state index contributed by atoms with van der Waals surface area (Å²) in [7, 11) is 0. The maximum absolute atomic E-state index is 11.6.